The molecule has 0 aromatic heterocycles. The van der Waals surface area contributed by atoms with Gasteiger partial charge in [-0.3, -0.25) is 19.4 Å². The lowest BCUT2D eigenvalue weighted by Crippen LogP contribution is -2.56. The van der Waals surface area contributed by atoms with E-state index in [1.165, 1.54) is 4.90 Å². The van der Waals surface area contributed by atoms with Gasteiger partial charge in [0.2, 0.25) is 17.7 Å². The Hall–Kier alpha value is -3.11. The molecule has 11 nitrogen and oxygen atoms in total. The number of allylic oxidation sites excluding steroid dienone is 1. The van der Waals surface area contributed by atoms with Crippen LogP contribution in [-0.2, 0) is 19.2 Å². The van der Waals surface area contributed by atoms with Crippen molar-refractivity contribution in [2.75, 3.05) is 13.1 Å². The lowest BCUT2D eigenvalue weighted by atomic mass is 9.96. The lowest BCUT2D eigenvalue weighted by Gasteiger charge is -2.31. The van der Waals surface area contributed by atoms with Crippen molar-refractivity contribution in [3.8, 4) is 0 Å². The van der Waals surface area contributed by atoms with E-state index in [1.54, 1.807) is 0 Å². The normalized spacial score (nSPS) is 20.1. The highest BCUT2D eigenvalue weighted by Crippen LogP contribution is 2.30. The number of carboxylic acids is 1. The van der Waals surface area contributed by atoms with E-state index in [-0.39, 0.29) is 54.9 Å². The van der Waals surface area contributed by atoms with Gasteiger partial charge in [0.05, 0.1) is 0 Å². The van der Waals surface area contributed by atoms with Gasteiger partial charge in [0.1, 0.15) is 18.1 Å². The van der Waals surface area contributed by atoms with E-state index in [4.69, 9.17) is 11.5 Å². The van der Waals surface area contributed by atoms with Crippen molar-refractivity contribution >= 4 is 29.7 Å². The summed E-state index contributed by atoms with van der Waals surface area (Å²) in [5.74, 6) is -2.34. The maximum atomic E-state index is 13.8. The van der Waals surface area contributed by atoms with Gasteiger partial charge in [-0.1, -0.05) is 40.7 Å². The molecule has 0 aromatic rings. The first kappa shape index (κ1) is 31.9. The summed E-state index contributed by atoms with van der Waals surface area (Å²) in [5, 5.41) is 15.1. The summed E-state index contributed by atoms with van der Waals surface area (Å²) in [6, 6.07) is -2.75. The van der Waals surface area contributed by atoms with E-state index >= 15 is 0 Å². The van der Waals surface area contributed by atoms with Crippen LogP contribution < -0.4 is 22.1 Å². The Labute approximate surface area is 220 Å². The Morgan fingerprint density at radius 1 is 1.08 bits per heavy atom. The van der Waals surface area contributed by atoms with Gasteiger partial charge in [-0.15, -0.1) is 0 Å². The second-order valence-corrected chi connectivity index (χ2v) is 10.6. The Morgan fingerprint density at radius 2 is 1.73 bits per heavy atom. The summed E-state index contributed by atoms with van der Waals surface area (Å²) >= 11 is 0. The lowest BCUT2D eigenvalue weighted by molar-refractivity contribution is -0.145. The molecule has 1 aliphatic rings. The number of carbonyl (C=O) groups excluding carboxylic acids is 3. The Kier molecular flexibility index (Phi) is 13.1. The average molecular weight is 523 g/mol. The highest BCUT2D eigenvalue weighted by molar-refractivity contribution is 5.94. The van der Waals surface area contributed by atoms with Crippen molar-refractivity contribution in [3.05, 3.63) is 11.6 Å². The van der Waals surface area contributed by atoms with Gasteiger partial charge < -0.3 is 32.1 Å². The second kappa shape index (κ2) is 15.2. The maximum Gasteiger partial charge on any atom is 0.326 e. The highest BCUT2D eigenvalue weighted by Gasteiger charge is 2.44. The molecule has 0 radical (unpaired) electrons. The molecule has 0 aliphatic carbocycles. The van der Waals surface area contributed by atoms with Crippen molar-refractivity contribution in [2.24, 2.45) is 34.2 Å². The first-order chi connectivity index (χ1) is 17.3. The first-order valence-corrected chi connectivity index (χ1v) is 13.1. The van der Waals surface area contributed by atoms with Crippen LogP contribution in [0.25, 0.3) is 0 Å². The van der Waals surface area contributed by atoms with Crippen LogP contribution in [0.3, 0.4) is 0 Å². The van der Waals surface area contributed by atoms with Gasteiger partial charge in [0.25, 0.3) is 0 Å². The van der Waals surface area contributed by atoms with Crippen molar-refractivity contribution < 1.29 is 24.3 Å². The molecule has 7 N–H and O–H groups in total. The molecule has 1 saturated heterocycles. The fourth-order valence-electron chi connectivity index (χ4n) is 4.55. The first-order valence-electron chi connectivity index (χ1n) is 13.1. The molecule has 1 heterocycles. The van der Waals surface area contributed by atoms with E-state index in [2.05, 4.69) is 15.6 Å². The molecule has 210 valence electrons. The molecule has 1 fully saturated rings. The molecule has 1 aliphatic heterocycles. The Bertz CT molecular complexity index is 866. The van der Waals surface area contributed by atoms with Crippen molar-refractivity contribution in [1.82, 2.24) is 15.5 Å². The van der Waals surface area contributed by atoms with Crippen LogP contribution in [0.5, 0.6) is 0 Å². The minimum atomic E-state index is -1.11. The molecule has 11 heteroatoms. The summed E-state index contributed by atoms with van der Waals surface area (Å²) in [6.45, 7) is 11.9. The summed E-state index contributed by atoms with van der Waals surface area (Å²) in [7, 11) is 0. The third-order valence-electron chi connectivity index (χ3n) is 6.41. The summed E-state index contributed by atoms with van der Waals surface area (Å²) in [5.41, 5.74) is 11.6. The highest BCUT2D eigenvalue weighted by atomic mass is 16.4. The number of rotatable bonds is 14. The fraction of sp³-hybridized carbons (Fsp3) is 0.731. The second-order valence-electron chi connectivity index (χ2n) is 10.6. The van der Waals surface area contributed by atoms with E-state index in [9.17, 15) is 24.3 Å². The quantitative estimate of drug-likeness (QED) is 0.0988. The van der Waals surface area contributed by atoms with E-state index in [1.807, 2.05) is 47.6 Å². The van der Waals surface area contributed by atoms with Crippen molar-refractivity contribution in [3.63, 3.8) is 0 Å². The molecule has 1 rings (SSSR count). The third kappa shape index (κ3) is 10.4. The number of aliphatic carboxylic acids is 1. The molecule has 37 heavy (non-hydrogen) atoms. The number of nitrogens with two attached hydrogens (primary N) is 2. The molecular formula is C26H46N6O5. The van der Waals surface area contributed by atoms with Gasteiger partial charge in [-0.05, 0) is 50.0 Å². The van der Waals surface area contributed by atoms with Crippen LogP contribution in [-0.4, -0.2) is 70.9 Å². The number of unbranched alkanes of at least 4 members (excludes halogenated alkanes) is 1. The minimum Gasteiger partial charge on any atom is -0.480 e. The Morgan fingerprint density at radius 3 is 2.24 bits per heavy atom. The number of aliphatic imine (C=N–C) groups is 1. The third-order valence-corrected chi connectivity index (χ3v) is 6.41. The molecular weight excluding hydrogens is 476 g/mol. The number of carboxylic acid groups (broad SMARTS) is 1. The molecule has 0 spiro atoms. The van der Waals surface area contributed by atoms with E-state index in [0.29, 0.717) is 25.8 Å². The van der Waals surface area contributed by atoms with Gasteiger partial charge >= 0.3 is 5.97 Å². The smallest absolute Gasteiger partial charge is 0.326 e. The molecule has 4 atom stereocenters. The number of carbonyl (C=O) groups is 4. The number of likely N-dealkylation sites (tertiary alicyclic amines) is 1. The average Bonchev–Trinajstić information content (AvgIpc) is 3.12. The predicted molar refractivity (Wildman–Crippen MR) is 143 cm³/mol. The number of amides is 3. The standard InChI is InChI=1S/C26H46N6O5/c1-7-18-14-32(22(17(18)6)23(34)31-20(25(36)37)12-15(2)3)24(35)19(30-21(33)13-16(4)5)10-8-9-11-29-26(27)28/h7,15-17,19-20,22H,8-14H2,1-6H3,(H,30,33)(H,31,34)(H,36,37)(H4,27,28,29). The van der Waals surface area contributed by atoms with Crippen LogP contribution >= 0.6 is 0 Å². The number of hydrogen-bond acceptors (Lipinski definition) is 5. The van der Waals surface area contributed by atoms with E-state index in [0.717, 1.165) is 5.57 Å². The van der Waals surface area contributed by atoms with E-state index < -0.39 is 30.0 Å². The summed E-state index contributed by atoms with van der Waals surface area (Å²) in [6.07, 6.45) is 3.99. The topological polar surface area (TPSA) is 180 Å². The zero-order valence-corrected chi connectivity index (χ0v) is 23.1. The predicted octanol–water partition coefficient (Wildman–Crippen LogP) is 1.37. The zero-order chi connectivity index (χ0) is 28.3. The van der Waals surface area contributed by atoms with Crippen LogP contribution in [0.4, 0.5) is 0 Å². The molecule has 3 amide bonds. The van der Waals surface area contributed by atoms with Gasteiger partial charge in [-0.2, -0.15) is 0 Å². The van der Waals surface area contributed by atoms with Crippen molar-refractivity contribution in [1.29, 1.82) is 0 Å². The van der Waals surface area contributed by atoms with Gasteiger partial charge in [0.15, 0.2) is 5.96 Å². The summed E-state index contributed by atoms with van der Waals surface area (Å²) in [4.78, 5) is 56.9. The van der Waals surface area contributed by atoms with Gasteiger partial charge in [-0.25, -0.2) is 4.79 Å². The largest absolute Gasteiger partial charge is 0.480 e. The SMILES string of the molecule is CC=C1CN(C(=O)C(CCCCN=C(N)N)NC(=O)CC(C)C)C(C(=O)NC(CC(C)C)C(=O)O)C1C. The van der Waals surface area contributed by atoms with Crippen LogP contribution in [0.15, 0.2) is 16.6 Å². The summed E-state index contributed by atoms with van der Waals surface area (Å²) < 4.78 is 0. The molecule has 0 bridgehead atoms. The van der Waals surface area contributed by atoms with Crippen LogP contribution in [0.2, 0.25) is 0 Å². The number of hydrogen-bond donors (Lipinski definition) is 5. The van der Waals surface area contributed by atoms with Gasteiger partial charge in [0, 0.05) is 25.4 Å². The minimum absolute atomic E-state index is 0.00575. The van der Waals surface area contributed by atoms with Crippen molar-refractivity contribution in [2.45, 2.75) is 91.8 Å². The maximum absolute atomic E-state index is 13.8. The Balaban J connectivity index is 3.17. The molecule has 0 aromatic carbocycles. The fourth-order valence-corrected chi connectivity index (χ4v) is 4.55. The molecule has 0 saturated carbocycles. The number of nitrogens with one attached hydrogen (secondary N) is 2. The molecule has 4 unspecified atom stereocenters. The van der Waals surface area contributed by atoms with Crippen LogP contribution in [0, 0.1) is 17.8 Å². The van der Waals surface area contributed by atoms with Crippen LogP contribution in [0.1, 0.15) is 73.6 Å². The monoisotopic (exact) mass is 522 g/mol. The zero-order valence-electron chi connectivity index (χ0n) is 23.1. The number of guanidine groups is 1. The number of nitrogens with zero attached hydrogens (tertiary/aromatic N) is 2.